The van der Waals surface area contributed by atoms with E-state index in [1.54, 1.807) is 44.4 Å². The minimum atomic E-state index is -0.435. The van der Waals surface area contributed by atoms with Gasteiger partial charge in [-0.1, -0.05) is 13.0 Å². The second-order valence-electron chi connectivity index (χ2n) is 6.66. The van der Waals surface area contributed by atoms with Gasteiger partial charge in [0.15, 0.2) is 11.5 Å². The molecule has 1 aliphatic heterocycles. The number of methoxy groups -OCH3 is 2. The van der Waals surface area contributed by atoms with Crippen LogP contribution in [0.5, 0.6) is 11.5 Å². The zero-order chi connectivity index (χ0) is 21.7. The Hall–Kier alpha value is -3.61. The largest absolute Gasteiger partial charge is 0.493 e. The number of nitrogens with zero attached hydrogens (tertiary/aromatic N) is 2. The maximum atomic E-state index is 13.0. The van der Waals surface area contributed by atoms with E-state index in [-0.39, 0.29) is 5.91 Å². The van der Waals surface area contributed by atoms with Gasteiger partial charge in [-0.2, -0.15) is 10.1 Å². The number of benzene rings is 2. The lowest BCUT2D eigenvalue weighted by atomic mass is 10.1. The topological polar surface area (TPSA) is 77.4 Å². The van der Waals surface area contributed by atoms with Crippen LogP contribution in [0.4, 0.5) is 5.69 Å². The number of amides is 1. The number of rotatable bonds is 7. The van der Waals surface area contributed by atoms with E-state index in [0.29, 0.717) is 40.6 Å². The Morgan fingerprint density at radius 3 is 2.47 bits per heavy atom. The molecule has 7 nitrogen and oxygen atoms in total. The summed E-state index contributed by atoms with van der Waals surface area (Å²) in [6.45, 7) is 4.42. The van der Waals surface area contributed by atoms with E-state index in [1.807, 2.05) is 25.1 Å². The molecule has 0 aliphatic carbocycles. The molecular formula is C23H24N2O5. The molecule has 0 saturated heterocycles. The number of carbonyl (C=O) groups excluding carboxylic acids is 2. The zero-order valence-corrected chi connectivity index (χ0v) is 17.5. The number of hydrazone groups is 1. The van der Waals surface area contributed by atoms with E-state index in [4.69, 9.17) is 14.2 Å². The van der Waals surface area contributed by atoms with Crippen LogP contribution < -0.4 is 14.5 Å². The summed E-state index contributed by atoms with van der Waals surface area (Å²) in [4.78, 5) is 24.5. The summed E-state index contributed by atoms with van der Waals surface area (Å²) in [5.74, 6) is 0.587. The highest BCUT2D eigenvalue weighted by Gasteiger charge is 2.29. The lowest BCUT2D eigenvalue weighted by Crippen LogP contribution is -2.21. The quantitative estimate of drug-likeness (QED) is 0.510. The first-order chi connectivity index (χ1) is 14.5. The van der Waals surface area contributed by atoms with Crippen molar-refractivity contribution in [3.8, 4) is 11.5 Å². The minimum Gasteiger partial charge on any atom is -0.493 e. The molecule has 0 unspecified atom stereocenters. The molecular weight excluding hydrogens is 384 g/mol. The Morgan fingerprint density at radius 1 is 1.10 bits per heavy atom. The average Bonchev–Trinajstić information content (AvgIpc) is 3.05. The van der Waals surface area contributed by atoms with E-state index in [9.17, 15) is 9.59 Å². The summed E-state index contributed by atoms with van der Waals surface area (Å²) >= 11 is 0. The number of hydrogen-bond acceptors (Lipinski definition) is 6. The molecule has 0 saturated carbocycles. The Bertz CT molecular complexity index is 1010. The molecule has 156 valence electrons. The fourth-order valence-corrected chi connectivity index (χ4v) is 2.99. The molecule has 0 N–H and O–H groups in total. The summed E-state index contributed by atoms with van der Waals surface area (Å²) in [5, 5.41) is 5.69. The van der Waals surface area contributed by atoms with Crippen molar-refractivity contribution >= 4 is 29.4 Å². The van der Waals surface area contributed by atoms with Crippen molar-refractivity contribution in [2.24, 2.45) is 5.10 Å². The van der Waals surface area contributed by atoms with Crippen molar-refractivity contribution in [3.05, 3.63) is 59.2 Å². The lowest BCUT2D eigenvalue weighted by molar-refractivity contribution is -0.114. The molecule has 1 heterocycles. The smallest absolute Gasteiger partial charge is 0.337 e. The van der Waals surface area contributed by atoms with E-state index in [0.717, 1.165) is 12.0 Å². The van der Waals surface area contributed by atoms with E-state index >= 15 is 0 Å². The standard InChI is InChI=1S/C23H24N2O5/c1-5-12-30-20-11-6-16(14-21(20)28-3)13-19-15(2)24-25(22(19)26)18-9-7-17(8-10-18)23(27)29-4/h6-11,13-14H,5,12H2,1-4H3/b19-13-. The van der Waals surface area contributed by atoms with E-state index in [2.05, 4.69) is 5.10 Å². The van der Waals surface area contributed by atoms with E-state index in [1.165, 1.54) is 12.1 Å². The highest BCUT2D eigenvalue weighted by atomic mass is 16.5. The van der Waals surface area contributed by atoms with E-state index < -0.39 is 5.97 Å². The van der Waals surface area contributed by atoms with Crippen molar-refractivity contribution in [2.45, 2.75) is 20.3 Å². The van der Waals surface area contributed by atoms with Crippen molar-refractivity contribution in [2.75, 3.05) is 25.8 Å². The van der Waals surface area contributed by atoms with Crippen LogP contribution >= 0.6 is 0 Å². The van der Waals surface area contributed by atoms with Gasteiger partial charge in [0.2, 0.25) is 0 Å². The predicted molar refractivity (Wildman–Crippen MR) is 115 cm³/mol. The third-order valence-electron chi connectivity index (χ3n) is 4.56. The maximum absolute atomic E-state index is 13.0. The molecule has 1 aliphatic rings. The molecule has 2 aromatic rings. The third-order valence-corrected chi connectivity index (χ3v) is 4.56. The van der Waals surface area contributed by atoms with Gasteiger partial charge < -0.3 is 14.2 Å². The van der Waals surface area contributed by atoms with Crippen LogP contribution in [0.15, 0.2) is 53.1 Å². The summed E-state index contributed by atoms with van der Waals surface area (Å²) in [6.07, 6.45) is 2.67. The van der Waals surface area contributed by atoms with Crippen LogP contribution in [0.25, 0.3) is 6.08 Å². The lowest BCUT2D eigenvalue weighted by Gasteiger charge is -2.12. The fourth-order valence-electron chi connectivity index (χ4n) is 2.99. The molecule has 30 heavy (non-hydrogen) atoms. The summed E-state index contributed by atoms with van der Waals surface area (Å²) in [6, 6.07) is 12.0. The average molecular weight is 408 g/mol. The number of carbonyl (C=O) groups is 2. The second-order valence-corrected chi connectivity index (χ2v) is 6.66. The predicted octanol–water partition coefficient (Wildman–Crippen LogP) is 4.08. The maximum Gasteiger partial charge on any atom is 0.337 e. The summed E-state index contributed by atoms with van der Waals surface area (Å²) in [5.41, 5.74) is 2.85. The van der Waals surface area contributed by atoms with Gasteiger partial charge >= 0.3 is 5.97 Å². The van der Waals surface area contributed by atoms with Crippen LogP contribution in [-0.2, 0) is 9.53 Å². The third kappa shape index (κ3) is 4.35. The van der Waals surface area contributed by atoms with Crippen molar-refractivity contribution in [3.63, 3.8) is 0 Å². The van der Waals surface area contributed by atoms with Gasteiger partial charge in [-0.25, -0.2) is 4.79 Å². The first-order valence-corrected chi connectivity index (χ1v) is 9.59. The Morgan fingerprint density at radius 2 is 1.83 bits per heavy atom. The molecule has 3 rings (SSSR count). The molecule has 0 radical (unpaired) electrons. The monoisotopic (exact) mass is 408 g/mol. The number of hydrogen-bond donors (Lipinski definition) is 0. The molecule has 0 atom stereocenters. The Labute approximate surface area is 175 Å². The number of ether oxygens (including phenoxy) is 3. The molecule has 0 fully saturated rings. The van der Waals surface area contributed by atoms with Gasteiger partial charge in [-0.3, -0.25) is 4.79 Å². The first kappa shape index (κ1) is 21.1. The van der Waals surface area contributed by atoms with Crippen LogP contribution in [-0.4, -0.2) is 38.4 Å². The molecule has 2 aromatic carbocycles. The van der Waals surface area contributed by atoms with Gasteiger partial charge in [0.1, 0.15) is 0 Å². The van der Waals surface area contributed by atoms with Crippen molar-refractivity contribution in [1.29, 1.82) is 0 Å². The molecule has 0 aromatic heterocycles. The van der Waals surface area contributed by atoms with Gasteiger partial charge in [-0.15, -0.1) is 0 Å². The summed E-state index contributed by atoms with van der Waals surface area (Å²) < 4.78 is 15.8. The first-order valence-electron chi connectivity index (χ1n) is 9.59. The van der Waals surface area contributed by atoms with Crippen molar-refractivity contribution in [1.82, 2.24) is 0 Å². The van der Waals surface area contributed by atoms with Crippen LogP contribution in [0.1, 0.15) is 36.2 Å². The van der Waals surface area contributed by atoms with Gasteiger partial charge in [0, 0.05) is 0 Å². The number of esters is 1. The zero-order valence-electron chi connectivity index (χ0n) is 17.5. The molecule has 1 amide bonds. The van der Waals surface area contributed by atoms with Gasteiger partial charge in [0.05, 0.1) is 43.4 Å². The highest BCUT2D eigenvalue weighted by Crippen LogP contribution is 2.31. The fraction of sp³-hybridized carbons (Fsp3) is 0.261. The molecule has 0 bridgehead atoms. The van der Waals surface area contributed by atoms with Crippen LogP contribution in [0, 0.1) is 0 Å². The normalized spacial score (nSPS) is 14.7. The minimum absolute atomic E-state index is 0.247. The number of anilines is 1. The highest BCUT2D eigenvalue weighted by molar-refractivity contribution is 6.32. The van der Waals surface area contributed by atoms with Crippen LogP contribution in [0.2, 0.25) is 0 Å². The van der Waals surface area contributed by atoms with Crippen molar-refractivity contribution < 1.29 is 23.8 Å². The SMILES string of the molecule is CCCOc1ccc(/C=C2\C(=O)N(c3ccc(C(=O)OC)cc3)N=C2C)cc1OC. The van der Waals surface area contributed by atoms with Gasteiger partial charge in [-0.05, 0) is 61.4 Å². The van der Waals surface area contributed by atoms with Gasteiger partial charge in [0.25, 0.3) is 5.91 Å². The Kier molecular flexibility index (Phi) is 6.51. The molecule has 7 heteroatoms. The Balaban J connectivity index is 1.84. The summed E-state index contributed by atoms with van der Waals surface area (Å²) in [7, 11) is 2.90. The molecule has 0 spiro atoms. The van der Waals surface area contributed by atoms with Crippen LogP contribution in [0.3, 0.4) is 0 Å². The second kappa shape index (κ2) is 9.26.